The second-order valence-corrected chi connectivity index (χ2v) is 5.72. The molecule has 7 heteroatoms. The monoisotopic (exact) mass is 295 g/mol. The van der Waals surface area contributed by atoms with Gasteiger partial charge in [0.05, 0.1) is 24.0 Å². The van der Waals surface area contributed by atoms with Crippen molar-refractivity contribution >= 4 is 29.4 Å². The molecule has 0 saturated carbocycles. The molecule has 0 spiro atoms. The summed E-state index contributed by atoms with van der Waals surface area (Å²) in [5, 5.41) is 11.4. The summed E-state index contributed by atoms with van der Waals surface area (Å²) >= 11 is 1.86. The Hall–Kier alpha value is -1.76. The molecule has 0 unspecified atom stereocenters. The van der Waals surface area contributed by atoms with Gasteiger partial charge in [-0.2, -0.15) is 11.8 Å². The predicted molar refractivity (Wildman–Crippen MR) is 78.1 cm³/mol. The van der Waals surface area contributed by atoms with Crippen molar-refractivity contribution in [3.05, 3.63) is 24.0 Å². The summed E-state index contributed by atoms with van der Waals surface area (Å²) in [5.74, 6) is 1.13. The van der Waals surface area contributed by atoms with Gasteiger partial charge >= 0.3 is 12.0 Å². The van der Waals surface area contributed by atoms with Gasteiger partial charge in [0, 0.05) is 18.8 Å². The maximum Gasteiger partial charge on any atom is 0.321 e. The molecule has 0 radical (unpaired) electrons. The first kappa shape index (κ1) is 14.6. The number of amides is 2. The van der Waals surface area contributed by atoms with Crippen LogP contribution in [0.5, 0.6) is 0 Å². The number of carbonyl (C=O) groups excluding carboxylic acids is 1. The lowest BCUT2D eigenvalue weighted by molar-refractivity contribution is -0.136. The lowest BCUT2D eigenvalue weighted by Crippen LogP contribution is -2.36. The van der Waals surface area contributed by atoms with Crippen LogP contribution in [-0.2, 0) is 11.2 Å². The number of aliphatic carboxylic acids is 1. The molecule has 1 fully saturated rings. The Morgan fingerprint density at radius 1 is 1.35 bits per heavy atom. The van der Waals surface area contributed by atoms with Gasteiger partial charge in [-0.3, -0.25) is 9.78 Å². The van der Waals surface area contributed by atoms with E-state index in [0.717, 1.165) is 31.0 Å². The van der Waals surface area contributed by atoms with Gasteiger partial charge in [-0.1, -0.05) is 0 Å². The standard InChI is InChI=1S/C13H17N3O3S/c17-12(18)8-10-2-3-11(9-14-10)15-13(19)16-4-1-6-20-7-5-16/h2-3,9H,1,4-8H2,(H,15,19)(H,17,18). The number of thioether (sulfide) groups is 1. The Labute approximate surface area is 121 Å². The molecule has 2 heterocycles. The van der Waals surface area contributed by atoms with Gasteiger partial charge in [-0.15, -0.1) is 0 Å². The fraction of sp³-hybridized carbons (Fsp3) is 0.462. The topological polar surface area (TPSA) is 82.5 Å². The SMILES string of the molecule is O=C(O)Cc1ccc(NC(=O)N2CCCSCC2)cn1. The van der Waals surface area contributed by atoms with E-state index in [1.807, 2.05) is 11.8 Å². The quantitative estimate of drug-likeness (QED) is 0.886. The molecule has 1 aromatic rings. The smallest absolute Gasteiger partial charge is 0.321 e. The highest BCUT2D eigenvalue weighted by Gasteiger charge is 2.15. The molecule has 108 valence electrons. The highest BCUT2D eigenvalue weighted by Crippen LogP contribution is 2.12. The minimum Gasteiger partial charge on any atom is -0.481 e. The summed E-state index contributed by atoms with van der Waals surface area (Å²) in [5.41, 5.74) is 1.06. The van der Waals surface area contributed by atoms with Crippen LogP contribution in [0.3, 0.4) is 0 Å². The van der Waals surface area contributed by atoms with Crippen LogP contribution < -0.4 is 5.32 Å². The summed E-state index contributed by atoms with van der Waals surface area (Å²) in [4.78, 5) is 28.4. The van der Waals surface area contributed by atoms with E-state index in [9.17, 15) is 9.59 Å². The van der Waals surface area contributed by atoms with Gasteiger partial charge in [0.1, 0.15) is 0 Å². The van der Waals surface area contributed by atoms with Crippen LogP contribution in [0.15, 0.2) is 18.3 Å². The van der Waals surface area contributed by atoms with Crippen molar-refractivity contribution in [1.29, 1.82) is 0 Å². The first-order chi connectivity index (χ1) is 9.65. The zero-order chi connectivity index (χ0) is 14.4. The molecule has 1 saturated heterocycles. The Kier molecular flexibility index (Phi) is 5.23. The Bertz CT molecular complexity index is 470. The number of carbonyl (C=O) groups is 2. The summed E-state index contributed by atoms with van der Waals surface area (Å²) in [7, 11) is 0. The molecule has 1 aliphatic rings. The second-order valence-electron chi connectivity index (χ2n) is 4.49. The third kappa shape index (κ3) is 4.41. The number of aromatic nitrogens is 1. The van der Waals surface area contributed by atoms with E-state index in [1.165, 1.54) is 6.20 Å². The van der Waals surface area contributed by atoms with E-state index in [1.54, 1.807) is 17.0 Å². The fourth-order valence-electron chi connectivity index (χ4n) is 1.91. The van der Waals surface area contributed by atoms with E-state index < -0.39 is 5.97 Å². The molecular formula is C13H17N3O3S. The lowest BCUT2D eigenvalue weighted by Gasteiger charge is -2.20. The first-order valence-corrected chi connectivity index (χ1v) is 7.61. The van der Waals surface area contributed by atoms with Crippen molar-refractivity contribution in [2.45, 2.75) is 12.8 Å². The van der Waals surface area contributed by atoms with Crippen LogP contribution in [0.25, 0.3) is 0 Å². The maximum absolute atomic E-state index is 12.1. The number of urea groups is 1. The molecule has 2 rings (SSSR count). The summed E-state index contributed by atoms with van der Waals surface area (Å²) in [6, 6.07) is 3.16. The molecule has 2 N–H and O–H groups in total. The summed E-state index contributed by atoms with van der Waals surface area (Å²) < 4.78 is 0. The zero-order valence-corrected chi connectivity index (χ0v) is 11.9. The number of anilines is 1. The number of hydrogen-bond donors (Lipinski definition) is 2. The molecule has 2 amide bonds. The maximum atomic E-state index is 12.1. The molecule has 0 bridgehead atoms. The van der Waals surface area contributed by atoms with Gasteiger partial charge in [0.25, 0.3) is 0 Å². The van der Waals surface area contributed by atoms with Crippen molar-refractivity contribution in [3.8, 4) is 0 Å². The summed E-state index contributed by atoms with van der Waals surface area (Å²) in [6.45, 7) is 1.52. The molecule has 1 aromatic heterocycles. The molecule has 0 aromatic carbocycles. The Morgan fingerprint density at radius 3 is 2.90 bits per heavy atom. The number of carboxylic acid groups (broad SMARTS) is 1. The van der Waals surface area contributed by atoms with E-state index in [-0.39, 0.29) is 12.5 Å². The van der Waals surface area contributed by atoms with Crippen LogP contribution in [0, 0.1) is 0 Å². The van der Waals surface area contributed by atoms with E-state index in [4.69, 9.17) is 5.11 Å². The number of nitrogens with one attached hydrogen (secondary N) is 1. The molecule has 0 aliphatic carbocycles. The minimum absolute atomic E-state index is 0.114. The normalized spacial score (nSPS) is 15.5. The van der Waals surface area contributed by atoms with E-state index >= 15 is 0 Å². The number of rotatable bonds is 3. The van der Waals surface area contributed by atoms with Crippen LogP contribution in [0.2, 0.25) is 0 Å². The number of pyridine rings is 1. The summed E-state index contributed by atoms with van der Waals surface area (Å²) in [6.07, 6.45) is 2.38. The Morgan fingerprint density at radius 2 is 2.20 bits per heavy atom. The van der Waals surface area contributed by atoms with Crippen molar-refractivity contribution in [2.75, 3.05) is 29.9 Å². The number of nitrogens with zero attached hydrogens (tertiary/aromatic N) is 2. The molecule has 20 heavy (non-hydrogen) atoms. The van der Waals surface area contributed by atoms with Gasteiger partial charge in [-0.05, 0) is 24.3 Å². The number of carboxylic acids is 1. The molecular weight excluding hydrogens is 278 g/mol. The molecule has 1 aliphatic heterocycles. The zero-order valence-electron chi connectivity index (χ0n) is 11.0. The van der Waals surface area contributed by atoms with Crippen molar-refractivity contribution in [2.24, 2.45) is 0 Å². The first-order valence-electron chi connectivity index (χ1n) is 6.45. The fourth-order valence-corrected chi connectivity index (χ4v) is 2.80. The number of hydrogen-bond acceptors (Lipinski definition) is 4. The van der Waals surface area contributed by atoms with Gasteiger partial charge in [0.15, 0.2) is 0 Å². The van der Waals surface area contributed by atoms with Crippen molar-refractivity contribution in [3.63, 3.8) is 0 Å². The average Bonchev–Trinajstić information content (AvgIpc) is 2.69. The van der Waals surface area contributed by atoms with Crippen LogP contribution in [0.4, 0.5) is 10.5 Å². The third-order valence-corrected chi connectivity index (χ3v) is 3.97. The van der Waals surface area contributed by atoms with Crippen molar-refractivity contribution < 1.29 is 14.7 Å². The van der Waals surface area contributed by atoms with E-state index in [0.29, 0.717) is 11.4 Å². The minimum atomic E-state index is -0.920. The molecule has 6 nitrogen and oxygen atoms in total. The van der Waals surface area contributed by atoms with Gasteiger partial charge in [-0.25, -0.2) is 4.79 Å². The van der Waals surface area contributed by atoms with Crippen LogP contribution >= 0.6 is 11.8 Å². The largest absolute Gasteiger partial charge is 0.481 e. The van der Waals surface area contributed by atoms with Gasteiger partial charge in [0.2, 0.25) is 0 Å². The van der Waals surface area contributed by atoms with Crippen LogP contribution in [0.1, 0.15) is 12.1 Å². The van der Waals surface area contributed by atoms with E-state index in [2.05, 4.69) is 10.3 Å². The highest BCUT2D eigenvalue weighted by molar-refractivity contribution is 7.99. The third-order valence-electron chi connectivity index (χ3n) is 2.92. The molecule has 0 atom stereocenters. The van der Waals surface area contributed by atoms with Crippen molar-refractivity contribution in [1.82, 2.24) is 9.88 Å². The lowest BCUT2D eigenvalue weighted by atomic mass is 10.2. The van der Waals surface area contributed by atoms with Gasteiger partial charge < -0.3 is 15.3 Å². The Balaban J connectivity index is 1.91. The highest BCUT2D eigenvalue weighted by atomic mass is 32.2. The predicted octanol–water partition coefficient (Wildman–Crippen LogP) is 1.68. The average molecular weight is 295 g/mol. The van der Waals surface area contributed by atoms with Crippen LogP contribution in [-0.4, -0.2) is 51.6 Å². The second kappa shape index (κ2) is 7.14.